The van der Waals surface area contributed by atoms with Crippen molar-refractivity contribution in [3.05, 3.63) is 0 Å². The standard InChI is InChI=1S/C12H23N3O2/c1-2-3-10(13)12(17)15-6-4-9(5-7-15)8-11(14)16/h9-10H,2-8,13H2,1H3,(H2,14,16)/t10-/m0/s1. The zero-order chi connectivity index (χ0) is 12.8. The van der Waals surface area contributed by atoms with Gasteiger partial charge in [0.1, 0.15) is 0 Å². The molecule has 1 fully saturated rings. The van der Waals surface area contributed by atoms with Crippen molar-refractivity contribution >= 4 is 11.8 Å². The maximum atomic E-state index is 11.9. The van der Waals surface area contributed by atoms with Gasteiger partial charge < -0.3 is 16.4 Å². The van der Waals surface area contributed by atoms with Crippen LogP contribution in [-0.2, 0) is 9.59 Å². The lowest BCUT2D eigenvalue weighted by Gasteiger charge is -2.33. The molecule has 1 rings (SSSR count). The molecule has 1 atom stereocenters. The van der Waals surface area contributed by atoms with E-state index in [0.29, 0.717) is 25.4 Å². The summed E-state index contributed by atoms with van der Waals surface area (Å²) < 4.78 is 0. The summed E-state index contributed by atoms with van der Waals surface area (Å²) in [5.74, 6) is 0.126. The predicted molar refractivity (Wildman–Crippen MR) is 66.0 cm³/mol. The molecule has 0 saturated carbocycles. The molecule has 0 bridgehead atoms. The molecule has 1 saturated heterocycles. The fourth-order valence-electron chi connectivity index (χ4n) is 2.31. The highest BCUT2D eigenvalue weighted by Gasteiger charge is 2.26. The van der Waals surface area contributed by atoms with Crippen molar-refractivity contribution in [2.45, 2.75) is 45.1 Å². The van der Waals surface area contributed by atoms with Gasteiger partial charge in [-0.2, -0.15) is 0 Å². The first-order valence-corrected chi connectivity index (χ1v) is 6.37. The molecule has 4 N–H and O–H groups in total. The number of amides is 2. The van der Waals surface area contributed by atoms with Crippen molar-refractivity contribution in [1.29, 1.82) is 0 Å². The van der Waals surface area contributed by atoms with E-state index in [4.69, 9.17) is 11.5 Å². The van der Waals surface area contributed by atoms with E-state index in [1.807, 2.05) is 11.8 Å². The van der Waals surface area contributed by atoms with Crippen LogP contribution in [0, 0.1) is 5.92 Å². The van der Waals surface area contributed by atoms with Gasteiger partial charge in [0.25, 0.3) is 0 Å². The van der Waals surface area contributed by atoms with Gasteiger partial charge in [0.15, 0.2) is 0 Å². The average molecular weight is 241 g/mol. The summed E-state index contributed by atoms with van der Waals surface area (Å²) in [6, 6.07) is -0.368. The quantitative estimate of drug-likeness (QED) is 0.722. The summed E-state index contributed by atoms with van der Waals surface area (Å²) in [4.78, 5) is 24.5. The van der Waals surface area contributed by atoms with E-state index in [1.165, 1.54) is 0 Å². The highest BCUT2D eigenvalue weighted by molar-refractivity contribution is 5.81. The number of likely N-dealkylation sites (tertiary alicyclic amines) is 1. The summed E-state index contributed by atoms with van der Waals surface area (Å²) in [6.45, 7) is 3.43. The minimum Gasteiger partial charge on any atom is -0.370 e. The van der Waals surface area contributed by atoms with Crippen LogP contribution in [0.3, 0.4) is 0 Å². The van der Waals surface area contributed by atoms with Crippen molar-refractivity contribution in [3.63, 3.8) is 0 Å². The van der Waals surface area contributed by atoms with Crippen LogP contribution in [0.1, 0.15) is 39.0 Å². The van der Waals surface area contributed by atoms with Gasteiger partial charge in [0, 0.05) is 19.5 Å². The van der Waals surface area contributed by atoms with Crippen LogP contribution in [0.4, 0.5) is 0 Å². The third-order valence-electron chi connectivity index (χ3n) is 3.33. The van der Waals surface area contributed by atoms with Gasteiger partial charge in [0.2, 0.25) is 11.8 Å². The molecule has 1 aliphatic rings. The lowest BCUT2D eigenvalue weighted by molar-refractivity contribution is -0.134. The number of carbonyl (C=O) groups excluding carboxylic acids is 2. The SMILES string of the molecule is CCC[C@H](N)C(=O)N1CCC(CC(N)=O)CC1. The first-order chi connectivity index (χ1) is 8.04. The number of primary amides is 1. The third-order valence-corrected chi connectivity index (χ3v) is 3.33. The Kier molecular flexibility index (Phi) is 5.41. The van der Waals surface area contributed by atoms with Gasteiger partial charge in [-0.15, -0.1) is 0 Å². The summed E-state index contributed by atoms with van der Waals surface area (Å²) in [7, 11) is 0. The maximum Gasteiger partial charge on any atom is 0.239 e. The summed E-state index contributed by atoms with van der Waals surface area (Å²) >= 11 is 0. The van der Waals surface area contributed by atoms with E-state index in [-0.39, 0.29) is 17.9 Å². The summed E-state index contributed by atoms with van der Waals surface area (Å²) in [6.07, 6.45) is 3.80. The Labute approximate surface area is 103 Å². The Morgan fingerprint density at radius 2 is 1.94 bits per heavy atom. The van der Waals surface area contributed by atoms with Crippen LogP contribution < -0.4 is 11.5 Å². The summed E-state index contributed by atoms with van der Waals surface area (Å²) in [5, 5.41) is 0. The number of rotatable bonds is 5. The second-order valence-corrected chi connectivity index (χ2v) is 4.83. The molecule has 1 heterocycles. The smallest absolute Gasteiger partial charge is 0.239 e. The molecule has 0 unspecified atom stereocenters. The second-order valence-electron chi connectivity index (χ2n) is 4.83. The van der Waals surface area contributed by atoms with Crippen molar-refractivity contribution in [1.82, 2.24) is 4.90 Å². The van der Waals surface area contributed by atoms with Gasteiger partial charge in [0.05, 0.1) is 6.04 Å². The van der Waals surface area contributed by atoms with E-state index in [2.05, 4.69) is 0 Å². The summed E-state index contributed by atoms with van der Waals surface area (Å²) in [5.41, 5.74) is 11.0. The van der Waals surface area contributed by atoms with E-state index in [1.54, 1.807) is 0 Å². The zero-order valence-electron chi connectivity index (χ0n) is 10.5. The van der Waals surface area contributed by atoms with Crippen molar-refractivity contribution in [3.8, 4) is 0 Å². The maximum absolute atomic E-state index is 11.9. The first kappa shape index (κ1) is 14.0. The van der Waals surface area contributed by atoms with Crippen LogP contribution in [-0.4, -0.2) is 35.8 Å². The van der Waals surface area contributed by atoms with Gasteiger partial charge >= 0.3 is 0 Å². The number of hydrogen-bond donors (Lipinski definition) is 2. The van der Waals surface area contributed by atoms with Crippen LogP contribution in [0.15, 0.2) is 0 Å². The van der Waals surface area contributed by atoms with Gasteiger partial charge in [-0.25, -0.2) is 0 Å². The normalized spacial score (nSPS) is 19.1. The number of nitrogens with zero attached hydrogens (tertiary/aromatic N) is 1. The molecule has 0 aromatic rings. The molecular weight excluding hydrogens is 218 g/mol. The second kappa shape index (κ2) is 6.59. The fourth-order valence-corrected chi connectivity index (χ4v) is 2.31. The first-order valence-electron chi connectivity index (χ1n) is 6.37. The predicted octanol–water partition coefficient (Wildman–Crippen LogP) is 0.228. The molecule has 17 heavy (non-hydrogen) atoms. The Hall–Kier alpha value is -1.10. The molecule has 1 aliphatic heterocycles. The Bertz CT molecular complexity index is 273. The number of piperidine rings is 1. The van der Waals surface area contributed by atoms with E-state index < -0.39 is 0 Å². The number of carbonyl (C=O) groups is 2. The van der Waals surface area contributed by atoms with Crippen LogP contribution in [0.2, 0.25) is 0 Å². The van der Waals surface area contributed by atoms with Crippen molar-refractivity contribution < 1.29 is 9.59 Å². The Balaban J connectivity index is 2.35. The number of hydrogen-bond acceptors (Lipinski definition) is 3. The lowest BCUT2D eigenvalue weighted by atomic mass is 9.93. The monoisotopic (exact) mass is 241 g/mol. The molecule has 2 amide bonds. The molecule has 5 heteroatoms. The van der Waals surface area contributed by atoms with E-state index in [9.17, 15) is 9.59 Å². The molecule has 0 aromatic carbocycles. The van der Waals surface area contributed by atoms with Crippen LogP contribution in [0.25, 0.3) is 0 Å². The molecule has 0 spiro atoms. The number of nitrogens with two attached hydrogens (primary N) is 2. The average Bonchev–Trinajstić information content (AvgIpc) is 2.28. The largest absolute Gasteiger partial charge is 0.370 e. The molecule has 0 aromatic heterocycles. The van der Waals surface area contributed by atoms with Gasteiger partial charge in [-0.1, -0.05) is 13.3 Å². The molecule has 0 radical (unpaired) electrons. The highest BCUT2D eigenvalue weighted by Crippen LogP contribution is 2.20. The Morgan fingerprint density at radius 1 is 1.35 bits per heavy atom. The van der Waals surface area contributed by atoms with E-state index >= 15 is 0 Å². The van der Waals surface area contributed by atoms with Gasteiger partial charge in [-0.3, -0.25) is 9.59 Å². The highest BCUT2D eigenvalue weighted by atomic mass is 16.2. The topological polar surface area (TPSA) is 89.4 Å². The third kappa shape index (κ3) is 4.34. The van der Waals surface area contributed by atoms with Crippen molar-refractivity contribution in [2.75, 3.05) is 13.1 Å². The van der Waals surface area contributed by atoms with Crippen LogP contribution in [0.5, 0.6) is 0 Å². The Morgan fingerprint density at radius 3 is 2.41 bits per heavy atom. The van der Waals surface area contributed by atoms with Crippen LogP contribution >= 0.6 is 0 Å². The zero-order valence-corrected chi connectivity index (χ0v) is 10.5. The van der Waals surface area contributed by atoms with Crippen molar-refractivity contribution in [2.24, 2.45) is 17.4 Å². The molecule has 98 valence electrons. The minimum absolute atomic E-state index is 0.0457. The van der Waals surface area contributed by atoms with Gasteiger partial charge in [-0.05, 0) is 25.2 Å². The lowest BCUT2D eigenvalue weighted by Crippen LogP contribution is -2.47. The molecule has 5 nitrogen and oxygen atoms in total. The molecular formula is C12H23N3O2. The minimum atomic E-state index is -0.368. The van der Waals surface area contributed by atoms with E-state index in [0.717, 1.165) is 25.7 Å². The molecule has 0 aliphatic carbocycles. The fraction of sp³-hybridized carbons (Fsp3) is 0.833.